The highest BCUT2D eigenvalue weighted by Crippen LogP contribution is 2.45. The van der Waals surface area contributed by atoms with Crippen LogP contribution in [0.4, 0.5) is 15.3 Å². The summed E-state index contributed by atoms with van der Waals surface area (Å²) in [6.07, 6.45) is -0.356. The van der Waals surface area contributed by atoms with Crippen molar-refractivity contribution in [3.05, 3.63) is 102 Å². The second-order valence-corrected chi connectivity index (χ2v) is 7.91. The Labute approximate surface area is 186 Å². The smallest absolute Gasteiger partial charge is 0.411 e. The zero-order valence-electron chi connectivity index (χ0n) is 17.5. The molecule has 2 saturated heterocycles. The molecule has 162 valence electrons. The fourth-order valence-corrected chi connectivity index (χ4v) is 4.57. The number of fused-ring (bicyclic) bond motifs is 1. The molecule has 0 aliphatic carbocycles. The molecule has 3 aromatic carbocycles. The van der Waals surface area contributed by atoms with E-state index < -0.39 is 5.60 Å². The van der Waals surface area contributed by atoms with E-state index in [1.165, 1.54) is 0 Å². The van der Waals surface area contributed by atoms with Crippen LogP contribution in [0.3, 0.4) is 0 Å². The molecular formula is C25H24N4O3. The first kappa shape index (κ1) is 19.9. The molecule has 1 atom stereocenters. The molecule has 0 bridgehead atoms. The lowest BCUT2D eigenvalue weighted by atomic mass is 9.79. The van der Waals surface area contributed by atoms with Crippen LogP contribution in [0.25, 0.3) is 0 Å². The van der Waals surface area contributed by atoms with Crippen LogP contribution < -0.4 is 10.9 Å². The predicted octanol–water partition coefficient (Wildman–Crippen LogP) is 3.80. The van der Waals surface area contributed by atoms with Gasteiger partial charge in [0.1, 0.15) is 6.04 Å². The SMILES string of the molecule is O=C(NNc1ccccc1)N1CCN2C(=O)OC(c3ccccc3)(c3ccccc3)C2C1. The molecule has 2 aliphatic heterocycles. The first-order valence-corrected chi connectivity index (χ1v) is 10.6. The number of amides is 3. The number of rotatable bonds is 4. The first-order valence-electron chi connectivity index (χ1n) is 10.6. The molecule has 5 rings (SSSR count). The van der Waals surface area contributed by atoms with Gasteiger partial charge < -0.3 is 9.64 Å². The highest BCUT2D eigenvalue weighted by atomic mass is 16.6. The third-order valence-electron chi connectivity index (χ3n) is 6.11. The lowest BCUT2D eigenvalue weighted by Crippen LogP contribution is -2.60. The van der Waals surface area contributed by atoms with E-state index in [1.54, 1.807) is 9.80 Å². The normalized spacial score (nSPS) is 19.1. The number of benzene rings is 3. The molecule has 2 fully saturated rings. The monoisotopic (exact) mass is 428 g/mol. The number of carbonyl (C=O) groups excluding carboxylic acids is 2. The van der Waals surface area contributed by atoms with Crippen molar-refractivity contribution in [3.8, 4) is 0 Å². The summed E-state index contributed by atoms with van der Waals surface area (Å²) in [5.74, 6) is 0. The number of para-hydroxylation sites is 1. The van der Waals surface area contributed by atoms with Gasteiger partial charge in [0.05, 0.1) is 5.69 Å². The molecule has 2 N–H and O–H groups in total. The molecule has 3 aromatic rings. The molecule has 1 unspecified atom stereocenters. The van der Waals surface area contributed by atoms with Crippen molar-refractivity contribution in [1.82, 2.24) is 15.2 Å². The third-order valence-corrected chi connectivity index (χ3v) is 6.11. The maximum Gasteiger partial charge on any atom is 0.411 e. The average Bonchev–Trinajstić information content (AvgIpc) is 3.17. The lowest BCUT2D eigenvalue weighted by Gasteiger charge is -2.42. The largest absolute Gasteiger partial charge is 0.431 e. The summed E-state index contributed by atoms with van der Waals surface area (Å²) in [5, 5.41) is 0. The van der Waals surface area contributed by atoms with Crippen molar-refractivity contribution < 1.29 is 14.3 Å². The van der Waals surface area contributed by atoms with E-state index in [0.717, 1.165) is 16.8 Å². The Kier molecular flexibility index (Phi) is 5.15. The van der Waals surface area contributed by atoms with E-state index in [9.17, 15) is 9.59 Å². The molecule has 3 amide bonds. The van der Waals surface area contributed by atoms with E-state index in [-0.39, 0.29) is 18.2 Å². The fourth-order valence-electron chi connectivity index (χ4n) is 4.57. The number of cyclic esters (lactones) is 1. The van der Waals surface area contributed by atoms with Crippen LogP contribution in [0.1, 0.15) is 11.1 Å². The van der Waals surface area contributed by atoms with Gasteiger partial charge in [0.15, 0.2) is 5.60 Å². The Morgan fingerprint density at radius 3 is 2.00 bits per heavy atom. The molecule has 2 heterocycles. The minimum atomic E-state index is -0.995. The Balaban J connectivity index is 1.45. The number of hydrogen-bond donors (Lipinski definition) is 2. The van der Waals surface area contributed by atoms with Gasteiger partial charge in [-0.25, -0.2) is 9.59 Å². The van der Waals surface area contributed by atoms with Gasteiger partial charge in [0.25, 0.3) is 0 Å². The minimum absolute atomic E-state index is 0.247. The quantitative estimate of drug-likeness (QED) is 0.620. The van der Waals surface area contributed by atoms with Crippen molar-refractivity contribution >= 4 is 17.8 Å². The third kappa shape index (κ3) is 3.41. The van der Waals surface area contributed by atoms with E-state index >= 15 is 0 Å². The standard InChI is InChI=1S/C25H24N4O3/c30-23(27-26-21-14-8-3-9-15-21)28-16-17-29-22(18-28)25(32-24(29)31,19-10-4-1-5-11-19)20-12-6-2-7-13-20/h1-15,22,26H,16-18H2,(H,27,30). The zero-order valence-corrected chi connectivity index (χ0v) is 17.5. The van der Waals surface area contributed by atoms with Crippen LogP contribution in [-0.2, 0) is 10.3 Å². The minimum Gasteiger partial charge on any atom is -0.431 e. The molecule has 0 saturated carbocycles. The van der Waals surface area contributed by atoms with Gasteiger partial charge >= 0.3 is 12.1 Å². The molecule has 0 spiro atoms. The molecule has 7 nitrogen and oxygen atoms in total. The average molecular weight is 428 g/mol. The summed E-state index contributed by atoms with van der Waals surface area (Å²) in [7, 11) is 0. The maximum absolute atomic E-state index is 12.9. The second kappa shape index (κ2) is 8.26. The van der Waals surface area contributed by atoms with E-state index in [2.05, 4.69) is 10.9 Å². The number of hydrazine groups is 1. The topological polar surface area (TPSA) is 73.9 Å². The van der Waals surface area contributed by atoms with Gasteiger partial charge in [-0.1, -0.05) is 78.9 Å². The number of nitrogens with one attached hydrogen (secondary N) is 2. The van der Waals surface area contributed by atoms with Gasteiger partial charge in [-0.2, -0.15) is 0 Å². The second-order valence-electron chi connectivity index (χ2n) is 7.91. The summed E-state index contributed by atoms with van der Waals surface area (Å²) >= 11 is 0. The maximum atomic E-state index is 12.9. The van der Waals surface area contributed by atoms with Gasteiger partial charge in [-0.15, -0.1) is 0 Å². The summed E-state index contributed by atoms with van der Waals surface area (Å²) in [6.45, 7) is 1.18. The summed E-state index contributed by atoms with van der Waals surface area (Å²) in [5.41, 5.74) is 7.27. The van der Waals surface area contributed by atoms with Crippen LogP contribution in [0, 0.1) is 0 Å². The van der Waals surface area contributed by atoms with Crippen LogP contribution >= 0.6 is 0 Å². The predicted molar refractivity (Wildman–Crippen MR) is 121 cm³/mol. The van der Waals surface area contributed by atoms with Crippen molar-refractivity contribution in [1.29, 1.82) is 0 Å². The number of nitrogens with zero attached hydrogens (tertiary/aromatic N) is 2. The van der Waals surface area contributed by atoms with E-state index in [1.807, 2.05) is 91.0 Å². The van der Waals surface area contributed by atoms with Crippen LogP contribution in [0.2, 0.25) is 0 Å². The summed E-state index contributed by atoms with van der Waals surface area (Å²) in [4.78, 5) is 29.3. The highest BCUT2D eigenvalue weighted by molar-refractivity contribution is 5.78. The van der Waals surface area contributed by atoms with Crippen LogP contribution in [0.5, 0.6) is 0 Å². The molecule has 0 aromatic heterocycles. The molecule has 32 heavy (non-hydrogen) atoms. The van der Waals surface area contributed by atoms with Gasteiger partial charge in [-0.3, -0.25) is 15.8 Å². The van der Waals surface area contributed by atoms with Crippen molar-refractivity contribution in [2.24, 2.45) is 0 Å². The lowest BCUT2D eigenvalue weighted by molar-refractivity contribution is 0.0514. The summed E-state index contributed by atoms with van der Waals surface area (Å²) in [6, 6.07) is 28.4. The molecular weight excluding hydrogens is 404 g/mol. The highest BCUT2D eigenvalue weighted by Gasteiger charge is 2.58. The first-order chi connectivity index (χ1) is 15.7. The van der Waals surface area contributed by atoms with Gasteiger partial charge in [0, 0.05) is 30.8 Å². The Morgan fingerprint density at radius 1 is 0.844 bits per heavy atom. The van der Waals surface area contributed by atoms with E-state index in [0.29, 0.717) is 19.6 Å². The van der Waals surface area contributed by atoms with Crippen molar-refractivity contribution in [2.75, 3.05) is 25.1 Å². The van der Waals surface area contributed by atoms with Gasteiger partial charge in [-0.05, 0) is 12.1 Å². The van der Waals surface area contributed by atoms with Crippen LogP contribution in [-0.4, -0.2) is 47.6 Å². The Bertz CT molecular complexity index is 1050. The van der Waals surface area contributed by atoms with E-state index in [4.69, 9.17) is 4.74 Å². The number of anilines is 1. The van der Waals surface area contributed by atoms with Crippen molar-refractivity contribution in [3.63, 3.8) is 0 Å². The number of urea groups is 1. The number of ether oxygens (including phenoxy) is 1. The molecule has 0 radical (unpaired) electrons. The number of carbonyl (C=O) groups is 2. The Hall–Kier alpha value is -4.00. The molecule has 7 heteroatoms. The Morgan fingerprint density at radius 2 is 1.41 bits per heavy atom. The van der Waals surface area contributed by atoms with Crippen LogP contribution in [0.15, 0.2) is 91.0 Å². The fraction of sp³-hybridized carbons (Fsp3) is 0.200. The molecule has 2 aliphatic rings. The van der Waals surface area contributed by atoms with Gasteiger partial charge in [0.2, 0.25) is 0 Å². The number of piperazine rings is 1. The summed E-state index contributed by atoms with van der Waals surface area (Å²) < 4.78 is 6.14. The zero-order chi connectivity index (χ0) is 22.0. The van der Waals surface area contributed by atoms with Crippen molar-refractivity contribution in [2.45, 2.75) is 11.6 Å². The number of hydrogen-bond acceptors (Lipinski definition) is 4.